The maximum Gasteiger partial charge on any atom is 0.255 e. The van der Waals surface area contributed by atoms with Crippen molar-refractivity contribution in [3.8, 4) is 0 Å². The molecule has 0 fully saturated rings. The fraction of sp³-hybridized carbons (Fsp3) is 0.100. The number of aromatic amines is 1. The standard InChI is InChI=1S/C30H23Cl2N3O/c31-20-14-12-18(13-15-20)30(36)34-21-7-5-6-19(16-21)28-29-27(23-9-2-4-11-26(23)35-29)24(17-33-28)22-8-1-3-10-25(22)32/h1-16,24,28,33,35H,17H2,(H,34,36). The number of rotatable bonds is 4. The molecule has 0 bridgehead atoms. The van der Waals surface area contributed by atoms with Crippen LogP contribution in [0.3, 0.4) is 0 Å². The molecule has 4 aromatic carbocycles. The topological polar surface area (TPSA) is 56.9 Å². The monoisotopic (exact) mass is 511 g/mol. The maximum atomic E-state index is 12.8. The van der Waals surface area contributed by atoms with Crippen LogP contribution >= 0.6 is 23.2 Å². The Bertz CT molecular complexity index is 1580. The molecule has 178 valence electrons. The van der Waals surface area contributed by atoms with Gasteiger partial charge < -0.3 is 15.6 Å². The van der Waals surface area contributed by atoms with Gasteiger partial charge in [-0.15, -0.1) is 0 Å². The van der Waals surface area contributed by atoms with Crippen molar-refractivity contribution in [3.63, 3.8) is 0 Å². The summed E-state index contributed by atoms with van der Waals surface area (Å²) < 4.78 is 0. The first-order valence-corrected chi connectivity index (χ1v) is 12.6. The zero-order chi connectivity index (χ0) is 24.6. The molecule has 6 rings (SSSR count). The zero-order valence-corrected chi connectivity index (χ0v) is 20.8. The molecule has 0 spiro atoms. The number of carbonyl (C=O) groups is 1. The number of benzene rings is 4. The van der Waals surface area contributed by atoms with Crippen molar-refractivity contribution in [2.45, 2.75) is 12.0 Å². The van der Waals surface area contributed by atoms with Crippen molar-refractivity contribution in [2.24, 2.45) is 0 Å². The number of aromatic nitrogens is 1. The van der Waals surface area contributed by atoms with Crippen LogP contribution in [0.1, 0.15) is 44.7 Å². The highest BCUT2D eigenvalue weighted by Crippen LogP contribution is 2.43. The fourth-order valence-electron chi connectivity index (χ4n) is 5.14. The van der Waals surface area contributed by atoms with Crippen molar-refractivity contribution in [1.29, 1.82) is 0 Å². The summed E-state index contributed by atoms with van der Waals surface area (Å²) in [7, 11) is 0. The van der Waals surface area contributed by atoms with E-state index in [0.717, 1.165) is 39.6 Å². The van der Waals surface area contributed by atoms with Gasteiger partial charge in [0.2, 0.25) is 0 Å². The minimum absolute atomic E-state index is 0.0569. The van der Waals surface area contributed by atoms with E-state index in [9.17, 15) is 4.79 Å². The van der Waals surface area contributed by atoms with Crippen LogP contribution in [0.2, 0.25) is 10.0 Å². The highest BCUT2D eigenvalue weighted by Gasteiger charge is 2.33. The van der Waals surface area contributed by atoms with Crippen molar-refractivity contribution in [2.75, 3.05) is 11.9 Å². The largest absolute Gasteiger partial charge is 0.357 e. The highest BCUT2D eigenvalue weighted by molar-refractivity contribution is 6.31. The van der Waals surface area contributed by atoms with Gasteiger partial charge in [-0.05, 0) is 65.2 Å². The Kier molecular flexibility index (Phi) is 6.02. The molecule has 36 heavy (non-hydrogen) atoms. The molecule has 0 radical (unpaired) electrons. The Labute approximate surface area is 219 Å². The molecule has 1 aliphatic rings. The molecule has 1 amide bonds. The molecule has 2 atom stereocenters. The summed E-state index contributed by atoms with van der Waals surface area (Å²) in [6, 6.07) is 31.2. The number of hydrogen-bond acceptors (Lipinski definition) is 2. The van der Waals surface area contributed by atoms with E-state index in [1.165, 1.54) is 10.9 Å². The molecule has 4 nitrogen and oxygen atoms in total. The van der Waals surface area contributed by atoms with Crippen LogP contribution in [-0.4, -0.2) is 17.4 Å². The van der Waals surface area contributed by atoms with Gasteiger partial charge >= 0.3 is 0 Å². The van der Waals surface area contributed by atoms with Crippen molar-refractivity contribution in [3.05, 3.63) is 135 Å². The lowest BCUT2D eigenvalue weighted by atomic mass is 9.83. The van der Waals surface area contributed by atoms with E-state index in [1.54, 1.807) is 24.3 Å². The van der Waals surface area contributed by atoms with E-state index in [-0.39, 0.29) is 17.9 Å². The molecule has 2 heterocycles. The number of carbonyl (C=O) groups excluding carboxylic acids is 1. The average molecular weight is 512 g/mol. The van der Waals surface area contributed by atoms with Gasteiger partial charge in [-0.1, -0.05) is 71.7 Å². The average Bonchev–Trinajstić information content (AvgIpc) is 3.29. The Balaban J connectivity index is 1.38. The Morgan fingerprint density at radius 3 is 2.47 bits per heavy atom. The summed E-state index contributed by atoms with van der Waals surface area (Å²) in [5.41, 5.74) is 6.95. The minimum atomic E-state index is -0.175. The maximum absolute atomic E-state index is 12.8. The Morgan fingerprint density at radius 1 is 0.861 bits per heavy atom. The number of amides is 1. The number of nitrogens with one attached hydrogen (secondary N) is 3. The summed E-state index contributed by atoms with van der Waals surface area (Å²) >= 11 is 12.6. The minimum Gasteiger partial charge on any atom is -0.357 e. The number of H-pyrrole nitrogens is 1. The van der Waals surface area contributed by atoms with Crippen molar-refractivity contribution in [1.82, 2.24) is 10.3 Å². The first-order valence-electron chi connectivity index (χ1n) is 11.8. The molecule has 1 aliphatic heterocycles. The second-order valence-electron chi connectivity index (χ2n) is 9.00. The quantitative estimate of drug-likeness (QED) is 0.233. The van der Waals surface area contributed by atoms with Gasteiger partial charge in [-0.25, -0.2) is 0 Å². The number of para-hydroxylation sites is 1. The smallest absolute Gasteiger partial charge is 0.255 e. The van der Waals surface area contributed by atoms with Gasteiger partial charge in [0.15, 0.2) is 0 Å². The fourth-order valence-corrected chi connectivity index (χ4v) is 5.53. The van der Waals surface area contributed by atoms with Gasteiger partial charge in [0, 0.05) is 50.4 Å². The van der Waals surface area contributed by atoms with Crippen LogP contribution in [0.5, 0.6) is 0 Å². The van der Waals surface area contributed by atoms with Crippen molar-refractivity contribution < 1.29 is 4.79 Å². The van der Waals surface area contributed by atoms with Crippen LogP contribution in [0.15, 0.2) is 97.1 Å². The van der Waals surface area contributed by atoms with Crippen LogP contribution in [0.4, 0.5) is 5.69 Å². The molecule has 3 N–H and O–H groups in total. The number of anilines is 1. The lowest BCUT2D eigenvalue weighted by Crippen LogP contribution is -2.34. The molecule has 2 unspecified atom stereocenters. The predicted octanol–water partition coefficient (Wildman–Crippen LogP) is 7.55. The molecule has 0 saturated carbocycles. The van der Waals surface area contributed by atoms with E-state index >= 15 is 0 Å². The van der Waals surface area contributed by atoms with Crippen LogP contribution in [-0.2, 0) is 0 Å². The summed E-state index contributed by atoms with van der Waals surface area (Å²) in [5.74, 6) is -0.0561. The molecular weight excluding hydrogens is 489 g/mol. The molecule has 0 aliphatic carbocycles. The summed E-state index contributed by atoms with van der Waals surface area (Å²) in [4.78, 5) is 16.4. The van der Waals surface area contributed by atoms with Crippen LogP contribution < -0.4 is 10.6 Å². The van der Waals surface area contributed by atoms with Crippen LogP contribution in [0.25, 0.3) is 10.9 Å². The number of fused-ring (bicyclic) bond motifs is 3. The third kappa shape index (κ3) is 4.18. The lowest BCUT2D eigenvalue weighted by Gasteiger charge is -2.32. The van der Waals surface area contributed by atoms with Crippen LogP contribution in [0, 0.1) is 0 Å². The third-order valence-corrected chi connectivity index (χ3v) is 7.40. The van der Waals surface area contributed by atoms with Gasteiger partial charge in [0.1, 0.15) is 0 Å². The summed E-state index contributed by atoms with van der Waals surface area (Å²) in [6.45, 7) is 0.741. The van der Waals surface area contributed by atoms with E-state index in [2.05, 4.69) is 45.9 Å². The zero-order valence-electron chi connectivity index (χ0n) is 19.3. The second kappa shape index (κ2) is 9.47. The highest BCUT2D eigenvalue weighted by atomic mass is 35.5. The van der Waals surface area contributed by atoms with Gasteiger partial charge in [0.05, 0.1) is 6.04 Å². The molecule has 6 heteroatoms. The first kappa shape index (κ1) is 22.9. The Morgan fingerprint density at radius 2 is 1.64 bits per heavy atom. The van der Waals surface area contributed by atoms with E-state index in [4.69, 9.17) is 23.2 Å². The van der Waals surface area contributed by atoms with Gasteiger partial charge in [0.25, 0.3) is 5.91 Å². The first-order chi connectivity index (χ1) is 17.6. The normalized spacial score (nSPS) is 17.1. The van der Waals surface area contributed by atoms with Gasteiger partial charge in [-0.3, -0.25) is 4.79 Å². The van der Waals surface area contributed by atoms with E-state index in [1.807, 2.05) is 42.5 Å². The summed E-state index contributed by atoms with van der Waals surface area (Å²) in [5, 5.41) is 9.31. The van der Waals surface area contributed by atoms with E-state index in [0.29, 0.717) is 10.6 Å². The number of halogens is 2. The molecule has 0 saturated heterocycles. The summed E-state index contributed by atoms with van der Waals surface area (Å²) in [6.07, 6.45) is 0. The lowest BCUT2D eigenvalue weighted by molar-refractivity contribution is 0.102. The third-order valence-electron chi connectivity index (χ3n) is 6.80. The SMILES string of the molecule is O=C(Nc1cccc(C2NCC(c3ccccc3Cl)c3c2[nH]c2ccccc32)c1)c1ccc(Cl)cc1. The second-order valence-corrected chi connectivity index (χ2v) is 9.84. The molecular formula is C30H23Cl2N3O. The molecule has 5 aromatic rings. The van der Waals surface area contributed by atoms with Gasteiger partial charge in [-0.2, -0.15) is 0 Å². The molecule has 1 aromatic heterocycles. The van der Waals surface area contributed by atoms with Crippen molar-refractivity contribution >= 4 is 45.7 Å². The number of hydrogen-bond donors (Lipinski definition) is 3. The van der Waals surface area contributed by atoms with E-state index < -0.39 is 0 Å². The predicted molar refractivity (Wildman–Crippen MR) is 147 cm³/mol. The Hall–Kier alpha value is -3.57.